The zero-order valence-electron chi connectivity index (χ0n) is 15.4. The highest BCUT2D eigenvalue weighted by molar-refractivity contribution is 5.95. The minimum absolute atomic E-state index is 0.0412. The molecule has 1 fully saturated rings. The number of halogens is 1. The molecular weight excluding hydrogens is 361 g/mol. The highest BCUT2D eigenvalue weighted by atomic mass is 19.1. The Morgan fingerprint density at radius 2 is 1.82 bits per heavy atom. The Bertz CT molecular complexity index is 965. The van der Waals surface area contributed by atoms with E-state index in [0.29, 0.717) is 49.1 Å². The normalized spacial score (nSPS) is 14.2. The number of benzene rings is 1. The first kappa shape index (κ1) is 18.0. The van der Waals surface area contributed by atoms with Gasteiger partial charge in [0.2, 0.25) is 0 Å². The van der Waals surface area contributed by atoms with Crippen molar-refractivity contribution >= 4 is 23.2 Å². The third-order valence-electron chi connectivity index (χ3n) is 4.65. The fourth-order valence-electron chi connectivity index (χ4n) is 3.19. The molecule has 1 saturated heterocycles. The summed E-state index contributed by atoms with van der Waals surface area (Å²) in [6.07, 6.45) is 1.59. The van der Waals surface area contributed by atoms with Gasteiger partial charge in [-0.15, -0.1) is 0 Å². The third-order valence-corrected chi connectivity index (χ3v) is 4.65. The van der Waals surface area contributed by atoms with Gasteiger partial charge < -0.3 is 19.6 Å². The number of aryl methyl sites for hydroxylation is 1. The first-order chi connectivity index (χ1) is 13.6. The van der Waals surface area contributed by atoms with Gasteiger partial charge in [0.1, 0.15) is 17.4 Å². The largest absolute Gasteiger partial charge is 0.368 e. The summed E-state index contributed by atoms with van der Waals surface area (Å²) in [6.45, 7) is 4.41. The van der Waals surface area contributed by atoms with Gasteiger partial charge in [0.15, 0.2) is 5.82 Å². The number of carbonyl (C=O) groups excluding carboxylic acids is 1. The summed E-state index contributed by atoms with van der Waals surface area (Å²) >= 11 is 0. The van der Waals surface area contributed by atoms with Gasteiger partial charge in [-0.05, 0) is 43.3 Å². The highest BCUT2D eigenvalue weighted by Gasteiger charge is 2.22. The lowest BCUT2D eigenvalue weighted by atomic mass is 10.2. The van der Waals surface area contributed by atoms with Crippen molar-refractivity contribution in [1.29, 1.82) is 0 Å². The molecule has 0 aliphatic carbocycles. The van der Waals surface area contributed by atoms with E-state index in [9.17, 15) is 9.18 Å². The minimum Gasteiger partial charge on any atom is -0.368 e. The second-order valence-corrected chi connectivity index (χ2v) is 6.63. The molecule has 1 aromatic carbocycles. The Labute approximate surface area is 161 Å². The number of rotatable bonds is 4. The lowest BCUT2D eigenvalue weighted by Crippen LogP contribution is -2.48. The minimum atomic E-state index is -0.250. The predicted octanol–water partition coefficient (Wildman–Crippen LogP) is 3.22. The SMILES string of the molecule is Cc1cc(Nc2cc(C(=O)N3CCN(c4ccc(F)cc4)CC3)ccn2)no1. The van der Waals surface area contributed by atoms with Crippen LogP contribution in [-0.2, 0) is 0 Å². The highest BCUT2D eigenvalue weighted by Crippen LogP contribution is 2.19. The molecule has 8 heteroatoms. The molecule has 0 unspecified atom stereocenters. The smallest absolute Gasteiger partial charge is 0.254 e. The van der Waals surface area contributed by atoms with Crippen molar-refractivity contribution in [2.45, 2.75) is 6.92 Å². The summed E-state index contributed by atoms with van der Waals surface area (Å²) in [6, 6.07) is 11.6. The van der Waals surface area contributed by atoms with Gasteiger partial charge in [-0.1, -0.05) is 5.16 Å². The maximum atomic E-state index is 13.1. The molecule has 3 heterocycles. The number of piperazine rings is 1. The van der Waals surface area contributed by atoms with Crippen LogP contribution in [0.2, 0.25) is 0 Å². The first-order valence-corrected chi connectivity index (χ1v) is 9.05. The lowest BCUT2D eigenvalue weighted by molar-refractivity contribution is 0.0746. The summed E-state index contributed by atoms with van der Waals surface area (Å²) in [4.78, 5) is 21.1. The average molecular weight is 381 g/mol. The molecule has 2 aromatic heterocycles. The van der Waals surface area contributed by atoms with E-state index in [1.54, 1.807) is 43.5 Å². The quantitative estimate of drug-likeness (QED) is 0.748. The van der Waals surface area contributed by atoms with Crippen molar-refractivity contribution in [3.63, 3.8) is 0 Å². The zero-order valence-corrected chi connectivity index (χ0v) is 15.4. The second kappa shape index (κ2) is 7.67. The first-order valence-electron chi connectivity index (χ1n) is 9.05. The van der Waals surface area contributed by atoms with E-state index in [1.165, 1.54) is 12.1 Å². The van der Waals surface area contributed by atoms with Crippen LogP contribution in [0.25, 0.3) is 0 Å². The van der Waals surface area contributed by atoms with Gasteiger partial charge in [-0.2, -0.15) is 0 Å². The van der Waals surface area contributed by atoms with Crippen molar-refractivity contribution in [3.8, 4) is 0 Å². The standard InChI is InChI=1S/C20H20FN5O2/c1-14-12-19(24-28-14)23-18-13-15(6-7-22-18)20(27)26-10-8-25(9-11-26)17-4-2-16(21)3-5-17/h2-7,12-13H,8-11H2,1H3,(H,22,23,24). The van der Waals surface area contributed by atoms with E-state index in [1.807, 2.05) is 4.90 Å². The predicted molar refractivity (Wildman–Crippen MR) is 103 cm³/mol. The van der Waals surface area contributed by atoms with Gasteiger partial charge in [-0.25, -0.2) is 9.37 Å². The van der Waals surface area contributed by atoms with E-state index in [4.69, 9.17) is 4.52 Å². The van der Waals surface area contributed by atoms with Crippen molar-refractivity contribution < 1.29 is 13.7 Å². The molecule has 0 spiro atoms. The summed E-state index contributed by atoms with van der Waals surface area (Å²) in [5, 5.41) is 6.90. The van der Waals surface area contributed by atoms with E-state index >= 15 is 0 Å². The van der Waals surface area contributed by atoms with Crippen LogP contribution in [0.1, 0.15) is 16.1 Å². The molecule has 0 saturated carbocycles. The van der Waals surface area contributed by atoms with Crippen molar-refractivity contribution in [1.82, 2.24) is 15.0 Å². The van der Waals surface area contributed by atoms with Crippen LogP contribution >= 0.6 is 0 Å². The fraction of sp³-hybridized carbons (Fsp3) is 0.250. The van der Waals surface area contributed by atoms with Crippen molar-refractivity contribution in [2.24, 2.45) is 0 Å². The topological polar surface area (TPSA) is 74.5 Å². The summed E-state index contributed by atoms with van der Waals surface area (Å²) in [5.41, 5.74) is 1.53. The molecule has 28 heavy (non-hydrogen) atoms. The number of anilines is 3. The molecule has 1 aliphatic rings. The van der Waals surface area contributed by atoms with Gasteiger partial charge in [0, 0.05) is 49.7 Å². The summed E-state index contributed by atoms with van der Waals surface area (Å²) in [7, 11) is 0. The third kappa shape index (κ3) is 3.95. The number of nitrogens with one attached hydrogen (secondary N) is 1. The van der Waals surface area contributed by atoms with E-state index in [0.717, 1.165) is 5.69 Å². The molecule has 1 aliphatic heterocycles. The van der Waals surface area contributed by atoms with Crippen LogP contribution in [0.3, 0.4) is 0 Å². The Morgan fingerprint density at radius 1 is 1.07 bits per heavy atom. The monoisotopic (exact) mass is 381 g/mol. The van der Waals surface area contributed by atoms with Gasteiger partial charge in [-0.3, -0.25) is 4.79 Å². The zero-order chi connectivity index (χ0) is 19.5. The van der Waals surface area contributed by atoms with Gasteiger partial charge >= 0.3 is 0 Å². The average Bonchev–Trinajstić information content (AvgIpc) is 3.13. The van der Waals surface area contributed by atoms with Crippen LogP contribution < -0.4 is 10.2 Å². The van der Waals surface area contributed by atoms with Crippen molar-refractivity contribution in [2.75, 3.05) is 36.4 Å². The van der Waals surface area contributed by atoms with E-state index < -0.39 is 0 Å². The molecule has 1 N–H and O–H groups in total. The fourth-order valence-corrected chi connectivity index (χ4v) is 3.19. The van der Waals surface area contributed by atoms with Crippen LogP contribution in [0, 0.1) is 12.7 Å². The molecule has 144 valence electrons. The molecule has 0 radical (unpaired) electrons. The molecule has 0 atom stereocenters. The maximum absolute atomic E-state index is 13.1. The number of hydrogen-bond donors (Lipinski definition) is 1. The maximum Gasteiger partial charge on any atom is 0.254 e. The molecular formula is C20H20FN5O2. The molecule has 3 aromatic rings. The number of amides is 1. The number of hydrogen-bond acceptors (Lipinski definition) is 6. The van der Waals surface area contributed by atoms with E-state index in [2.05, 4.69) is 20.4 Å². The Hall–Kier alpha value is -3.42. The second-order valence-electron chi connectivity index (χ2n) is 6.63. The lowest BCUT2D eigenvalue weighted by Gasteiger charge is -2.36. The van der Waals surface area contributed by atoms with Gasteiger partial charge in [0.05, 0.1) is 0 Å². The molecule has 0 bridgehead atoms. The number of aromatic nitrogens is 2. The van der Waals surface area contributed by atoms with Crippen LogP contribution in [0.15, 0.2) is 53.2 Å². The van der Waals surface area contributed by atoms with E-state index in [-0.39, 0.29) is 11.7 Å². The summed E-state index contributed by atoms with van der Waals surface area (Å²) < 4.78 is 18.1. The Morgan fingerprint density at radius 3 is 2.50 bits per heavy atom. The summed E-state index contributed by atoms with van der Waals surface area (Å²) in [5.74, 6) is 1.47. The van der Waals surface area contributed by atoms with Crippen LogP contribution in [0.4, 0.5) is 21.7 Å². The number of nitrogens with zero attached hydrogens (tertiary/aromatic N) is 4. The Balaban J connectivity index is 1.39. The number of carbonyl (C=O) groups is 1. The molecule has 1 amide bonds. The molecule has 7 nitrogen and oxygen atoms in total. The number of pyridine rings is 1. The van der Waals surface area contributed by atoms with Crippen LogP contribution in [0.5, 0.6) is 0 Å². The van der Waals surface area contributed by atoms with Gasteiger partial charge in [0.25, 0.3) is 5.91 Å². The molecule has 4 rings (SSSR count). The van der Waals surface area contributed by atoms with Crippen molar-refractivity contribution in [3.05, 3.63) is 65.8 Å². The Kier molecular flexibility index (Phi) is 4.92. The van der Waals surface area contributed by atoms with Crippen LogP contribution in [-0.4, -0.2) is 47.1 Å².